The third-order valence-electron chi connectivity index (χ3n) is 4.29. The molecule has 3 nitrogen and oxygen atoms in total. The topological polar surface area (TPSA) is 43.8 Å². The Kier molecular flexibility index (Phi) is 3.09. The van der Waals surface area contributed by atoms with Gasteiger partial charge in [-0.25, -0.2) is 4.98 Å². The molecule has 2 aromatic rings. The third-order valence-corrected chi connectivity index (χ3v) is 4.29. The molecule has 3 rings (SSSR count). The largest absolute Gasteiger partial charge is 0.330 e. The molecule has 1 heterocycles. The fourth-order valence-corrected chi connectivity index (χ4v) is 3.05. The molecular weight excluding hydrogens is 234 g/mol. The molecule has 1 aliphatic rings. The molecule has 0 amide bonds. The van der Waals surface area contributed by atoms with Crippen molar-refractivity contribution >= 4 is 11.0 Å². The van der Waals surface area contributed by atoms with Gasteiger partial charge in [-0.15, -0.1) is 0 Å². The first-order valence-electron chi connectivity index (χ1n) is 7.30. The molecule has 1 aliphatic carbocycles. The van der Waals surface area contributed by atoms with Gasteiger partial charge in [0.25, 0.3) is 0 Å². The maximum atomic E-state index is 5.92. The second-order valence-corrected chi connectivity index (χ2v) is 6.09. The van der Waals surface area contributed by atoms with Crippen molar-refractivity contribution in [2.45, 2.75) is 45.6 Å². The Balaban J connectivity index is 2.06. The summed E-state index contributed by atoms with van der Waals surface area (Å²) in [6.07, 6.45) is 2.59. The summed E-state index contributed by atoms with van der Waals surface area (Å²) < 4.78 is 2.39. The summed E-state index contributed by atoms with van der Waals surface area (Å²) in [4.78, 5) is 4.73. The van der Waals surface area contributed by atoms with Gasteiger partial charge in [-0.3, -0.25) is 0 Å². The number of hydrogen-bond acceptors (Lipinski definition) is 2. The Bertz CT molecular complexity index is 593. The summed E-state index contributed by atoms with van der Waals surface area (Å²) in [5.74, 6) is 2.13. The van der Waals surface area contributed by atoms with Crippen molar-refractivity contribution in [1.82, 2.24) is 9.55 Å². The van der Waals surface area contributed by atoms with Crippen LogP contribution in [0.4, 0.5) is 0 Å². The number of imidazole rings is 1. The summed E-state index contributed by atoms with van der Waals surface area (Å²) in [5, 5.41) is 0. The zero-order valence-electron chi connectivity index (χ0n) is 12.1. The lowest BCUT2D eigenvalue weighted by Crippen LogP contribution is -2.17. The Morgan fingerprint density at radius 3 is 2.68 bits per heavy atom. The van der Waals surface area contributed by atoms with E-state index in [2.05, 4.69) is 43.5 Å². The van der Waals surface area contributed by atoms with Crippen LogP contribution in [0.1, 0.15) is 50.0 Å². The molecule has 1 unspecified atom stereocenters. The lowest BCUT2D eigenvalue weighted by atomic mass is 9.88. The van der Waals surface area contributed by atoms with Crippen LogP contribution in [0.25, 0.3) is 11.0 Å². The van der Waals surface area contributed by atoms with E-state index >= 15 is 0 Å². The minimum Gasteiger partial charge on any atom is -0.330 e. The van der Waals surface area contributed by atoms with Crippen LogP contribution in [0.2, 0.25) is 0 Å². The smallest absolute Gasteiger partial charge is 0.106 e. The van der Waals surface area contributed by atoms with Crippen molar-refractivity contribution in [3.05, 3.63) is 29.6 Å². The van der Waals surface area contributed by atoms with E-state index in [4.69, 9.17) is 10.7 Å². The van der Waals surface area contributed by atoms with E-state index in [9.17, 15) is 0 Å². The van der Waals surface area contributed by atoms with Gasteiger partial charge in [-0.05, 0) is 55.8 Å². The van der Waals surface area contributed by atoms with Crippen LogP contribution in [0.5, 0.6) is 0 Å². The van der Waals surface area contributed by atoms with Crippen molar-refractivity contribution in [1.29, 1.82) is 0 Å². The highest BCUT2D eigenvalue weighted by Gasteiger charge is 2.27. The first kappa shape index (κ1) is 12.7. The molecule has 2 N–H and O–H groups in total. The Morgan fingerprint density at radius 2 is 2.11 bits per heavy atom. The van der Waals surface area contributed by atoms with Crippen molar-refractivity contribution in [3.8, 4) is 0 Å². The van der Waals surface area contributed by atoms with E-state index in [1.54, 1.807) is 0 Å². The van der Waals surface area contributed by atoms with Gasteiger partial charge in [0.1, 0.15) is 5.82 Å². The fourth-order valence-electron chi connectivity index (χ4n) is 3.05. The van der Waals surface area contributed by atoms with Gasteiger partial charge in [0.05, 0.1) is 11.0 Å². The van der Waals surface area contributed by atoms with Crippen LogP contribution in [-0.4, -0.2) is 16.1 Å². The molecule has 102 valence electrons. The molecule has 1 fully saturated rings. The van der Waals surface area contributed by atoms with E-state index in [0.717, 1.165) is 11.3 Å². The Hall–Kier alpha value is -1.35. The van der Waals surface area contributed by atoms with Gasteiger partial charge in [-0.2, -0.15) is 0 Å². The summed E-state index contributed by atoms with van der Waals surface area (Å²) >= 11 is 0. The summed E-state index contributed by atoms with van der Waals surface area (Å²) in [6.45, 7) is 7.28. The zero-order valence-corrected chi connectivity index (χ0v) is 12.1. The molecule has 3 heteroatoms. The van der Waals surface area contributed by atoms with E-state index in [0.29, 0.717) is 24.4 Å². The Labute approximate surface area is 114 Å². The Morgan fingerprint density at radius 1 is 1.37 bits per heavy atom. The molecule has 0 bridgehead atoms. The molecule has 1 saturated carbocycles. The third kappa shape index (κ3) is 2.16. The van der Waals surface area contributed by atoms with E-state index in [1.807, 2.05) is 0 Å². The minimum absolute atomic E-state index is 0.427. The summed E-state index contributed by atoms with van der Waals surface area (Å²) in [7, 11) is 0. The lowest BCUT2D eigenvalue weighted by Gasteiger charge is -2.19. The zero-order chi connectivity index (χ0) is 13.6. The standard InChI is InChI=1S/C16H23N3/c1-10(2)14(9-17)12-4-7-16-15(8-12)18-11(3)19(16)13-5-6-13/h4,7-8,10,13-14H,5-6,9,17H2,1-3H3. The maximum Gasteiger partial charge on any atom is 0.106 e. The number of nitrogens with two attached hydrogens (primary N) is 1. The molecule has 0 radical (unpaired) electrons. The van der Waals surface area contributed by atoms with Crippen LogP contribution in [0.3, 0.4) is 0 Å². The molecule has 1 atom stereocenters. The second-order valence-electron chi connectivity index (χ2n) is 6.09. The first-order valence-corrected chi connectivity index (χ1v) is 7.30. The molecule has 0 spiro atoms. The van der Waals surface area contributed by atoms with Gasteiger partial charge < -0.3 is 10.3 Å². The van der Waals surface area contributed by atoms with E-state index in [-0.39, 0.29) is 0 Å². The van der Waals surface area contributed by atoms with Crippen LogP contribution < -0.4 is 5.73 Å². The highest BCUT2D eigenvalue weighted by atomic mass is 15.1. The van der Waals surface area contributed by atoms with Gasteiger partial charge in [0.15, 0.2) is 0 Å². The fraction of sp³-hybridized carbons (Fsp3) is 0.562. The lowest BCUT2D eigenvalue weighted by molar-refractivity contribution is 0.506. The second kappa shape index (κ2) is 4.64. The number of nitrogens with zero attached hydrogens (tertiary/aromatic N) is 2. The van der Waals surface area contributed by atoms with Gasteiger partial charge >= 0.3 is 0 Å². The number of rotatable bonds is 4. The van der Waals surface area contributed by atoms with Crippen molar-refractivity contribution < 1.29 is 0 Å². The number of fused-ring (bicyclic) bond motifs is 1. The van der Waals surface area contributed by atoms with Crippen molar-refractivity contribution in [2.75, 3.05) is 6.54 Å². The van der Waals surface area contributed by atoms with Crippen molar-refractivity contribution in [2.24, 2.45) is 11.7 Å². The molecule has 0 saturated heterocycles. The SMILES string of the molecule is Cc1nc2cc(C(CN)C(C)C)ccc2n1C1CC1. The predicted octanol–water partition coefficient (Wildman–Crippen LogP) is 3.38. The van der Waals surface area contributed by atoms with Crippen LogP contribution in [-0.2, 0) is 0 Å². The summed E-state index contributed by atoms with van der Waals surface area (Å²) in [5.41, 5.74) is 9.65. The van der Waals surface area contributed by atoms with Crippen LogP contribution in [0.15, 0.2) is 18.2 Å². The van der Waals surface area contributed by atoms with Crippen LogP contribution in [0, 0.1) is 12.8 Å². The normalized spacial score (nSPS) is 17.3. The summed E-state index contributed by atoms with van der Waals surface area (Å²) in [6, 6.07) is 7.39. The van der Waals surface area contributed by atoms with E-state index < -0.39 is 0 Å². The number of hydrogen-bond donors (Lipinski definition) is 1. The number of benzene rings is 1. The number of aryl methyl sites for hydroxylation is 1. The number of aromatic nitrogens is 2. The average molecular weight is 257 g/mol. The van der Waals surface area contributed by atoms with Gasteiger partial charge in [0.2, 0.25) is 0 Å². The van der Waals surface area contributed by atoms with Gasteiger partial charge in [-0.1, -0.05) is 19.9 Å². The van der Waals surface area contributed by atoms with Crippen LogP contribution >= 0.6 is 0 Å². The molecular formula is C16H23N3. The average Bonchev–Trinajstić information content (AvgIpc) is 3.12. The first-order chi connectivity index (χ1) is 9.11. The van der Waals surface area contributed by atoms with Crippen molar-refractivity contribution in [3.63, 3.8) is 0 Å². The van der Waals surface area contributed by atoms with E-state index in [1.165, 1.54) is 23.9 Å². The molecule has 19 heavy (non-hydrogen) atoms. The predicted molar refractivity (Wildman–Crippen MR) is 79.4 cm³/mol. The molecule has 1 aromatic carbocycles. The monoisotopic (exact) mass is 257 g/mol. The molecule has 1 aromatic heterocycles. The highest BCUT2D eigenvalue weighted by molar-refractivity contribution is 5.77. The molecule has 0 aliphatic heterocycles. The maximum absolute atomic E-state index is 5.92. The highest BCUT2D eigenvalue weighted by Crippen LogP contribution is 2.39. The van der Waals surface area contributed by atoms with Gasteiger partial charge in [0, 0.05) is 6.04 Å². The minimum atomic E-state index is 0.427. The quantitative estimate of drug-likeness (QED) is 0.912.